The Morgan fingerprint density at radius 3 is 2.60 bits per heavy atom. The van der Waals surface area contributed by atoms with Crippen LogP contribution in [0.1, 0.15) is 12.5 Å². The Balaban J connectivity index is 1.86. The SMILES string of the molecule is CCOc1ccccc1NC(=O)COC(=O)Cc1ccc(Cl)cc1Cl. The van der Waals surface area contributed by atoms with Crippen LogP contribution in [0.3, 0.4) is 0 Å². The van der Waals surface area contributed by atoms with Gasteiger partial charge in [0.1, 0.15) is 5.75 Å². The normalized spacial score (nSPS) is 10.2. The van der Waals surface area contributed by atoms with E-state index in [1.807, 2.05) is 6.92 Å². The Hall–Kier alpha value is -2.24. The lowest BCUT2D eigenvalue weighted by molar-refractivity contribution is -0.146. The number of anilines is 1. The second-order valence-corrected chi connectivity index (χ2v) is 5.89. The fourth-order valence-electron chi connectivity index (χ4n) is 2.06. The first kappa shape index (κ1) is 19.1. The Labute approximate surface area is 155 Å². The predicted molar refractivity (Wildman–Crippen MR) is 97.4 cm³/mol. The van der Waals surface area contributed by atoms with Gasteiger partial charge < -0.3 is 14.8 Å². The van der Waals surface area contributed by atoms with Gasteiger partial charge in [0.25, 0.3) is 5.91 Å². The third-order valence-electron chi connectivity index (χ3n) is 3.18. The molecule has 0 unspecified atom stereocenters. The molecule has 0 aliphatic heterocycles. The fraction of sp³-hybridized carbons (Fsp3) is 0.222. The molecule has 0 fully saturated rings. The number of carbonyl (C=O) groups is 2. The first-order valence-electron chi connectivity index (χ1n) is 7.60. The molecule has 0 saturated heterocycles. The van der Waals surface area contributed by atoms with E-state index in [0.29, 0.717) is 33.7 Å². The molecule has 2 aromatic rings. The summed E-state index contributed by atoms with van der Waals surface area (Å²) >= 11 is 11.8. The van der Waals surface area contributed by atoms with Gasteiger partial charge in [-0.15, -0.1) is 0 Å². The third kappa shape index (κ3) is 5.96. The van der Waals surface area contributed by atoms with Gasteiger partial charge in [0.2, 0.25) is 0 Å². The Kier molecular flexibility index (Phi) is 7.10. The second kappa shape index (κ2) is 9.30. The van der Waals surface area contributed by atoms with Crippen LogP contribution in [0.2, 0.25) is 10.0 Å². The number of benzene rings is 2. The van der Waals surface area contributed by atoms with E-state index < -0.39 is 18.5 Å². The zero-order valence-corrected chi connectivity index (χ0v) is 15.1. The van der Waals surface area contributed by atoms with Crippen molar-refractivity contribution in [1.29, 1.82) is 0 Å². The summed E-state index contributed by atoms with van der Waals surface area (Å²) in [5.74, 6) is -0.460. The van der Waals surface area contributed by atoms with Crippen molar-refractivity contribution >= 4 is 40.8 Å². The molecule has 5 nitrogen and oxygen atoms in total. The van der Waals surface area contributed by atoms with Crippen molar-refractivity contribution in [3.05, 3.63) is 58.1 Å². The molecule has 1 N–H and O–H groups in total. The smallest absolute Gasteiger partial charge is 0.310 e. The summed E-state index contributed by atoms with van der Waals surface area (Å²) in [5.41, 5.74) is 1.10. The van der Waals surface area contributed by atoms with Crippen molar-refractivity contribution in [3.63, 3.8) is 0 Å². The number of amides is 1. The van der Waals surface area contributed by atoms with Crippen molar-refractivity contribution in [2.75, 3.05) is 18.5 Å². The summed E-state index contributed by atoms with van der Waals surface area (Å²) in [5, 5.41) is 3.50. The van der Waals surface area contributed by atoms with Gasteiger partial charge in [0.05, 0.1) is 18.7 Å². The molecule has 0 saturated carbocycles. The molecule has 0 heterocycles. The van der Waals surface area contributed by atoms with E-state index in [9.17, 15) is 9.59 Å². The van der Waals surface area contributed by atoms with Crippen LogP contribution in [0, 0.1) is 0 Å². The average Bonchev–Trinajstić information content (AvgIpc) is 2.58. The van der Waals surface area contributed by atoms with Crippen molar-refractivity contribution in [3.8, 4) is 5.75 Å². The summed E-state index contributed by atoms with van der Waals surface area (Å²) in [6.07, 6.45) is -0.0428. The molecular weight excluding hydrogens is 365 g/mol. The number of halogens is 2. The van der Waals surface area contributed by atoms with Crippen molar-refractivity contribution < 1.29 is 19.1 Å². The van der Waals surface area contributed by atoms with E-state index in [-0.39, 0.29) is 6.42 Å². The monoisotopic (exact) mass is 381 g/mol. The fourth-order valence-corrected chi connectivity index (χ4v) is 2.53. The van der Waals surface area contributed by atoms with Crippen LogP contribution in [0.4, 0.5) is 5.69 Å². The molecule has 0 aliphatic rings. The topological polar surface area (TPSA) is 64.6 Å². The summed E-state index contributed by atoms with van der Waals surface area (Å²) < 4.78 is 10.4. The largest absolute Gasteiger partial charge is 0.492 e. The molecule has 2 rings (SSSR count). The number of esters is 1. The first-order chi connectivity index (χ1) is 12.0. The maximum absolute atomic E-state index is 12.0. The van der Waals surface area contributed by atoms with Crippen LogP contribution in [-0.2, 0) is 20.7 Å². The molecule has 0 aromatic heterocycles. The van der Waals surface area contributed by atoms with Crippen LogP contribution in [0.25, 0.3) is 0 Å². The van der Waals surface area contributed by atoms with E-state index in [0.717, 1.165) is 0 Å². The summed E-state index contributed by atoms with van der Waals surface area (Å²) in [7, 11) is 0. The molecule has 132 valence electrons. The second-order valence-electron chi connectivity index (χ2n) is 5.05. The molecule has 0 bridgehead atoms. The van der Waals surface area contributed by atoms with Crippen molar-refractivity contribution in [2.24, 2.45) is 0 Å². The van der Waals surface area contributed by atoms with Crippen molar-refractivity contribution in [2.45, 2.75) is 13.3 Å². The highest BCUT2D eigenvalue weighted by atomic mass is 35.5. The number of rotatable bonds is 7. The standard InChI is InChI=1S/C18H17Cl2NO4/c1-2-24-16-6-4-3-5-15(16)21-17(22)11-25-18(23)9-12-7-8-13(19)10-14(12)20/h3-8,10H,2,9,11H2,1H3,(H,21,22). The molecule has 0 atom stereocenters. The van der Waals surface area contributed by atoms with Gasteiger partial charge in [-0.3, -0.25) is 9.59 Å². The zero-order chi connectivity index (χ0) is 18.2. The Morgan fingerprint density at radius 1 is 1.12 bits per heavy atom. The van der Waals surface area contributed by atoms with Crippen LogP contribution in [0.5, 0.6) is 5.75 Å². The highest BCUT2D eigenvalue weighted by Gasteiger charge is 2.12. The predicted octanol–water partition coefficient (Wildman–Crippen LogP) is 4.12. The van der Waals surface area contributed by atoms with E-state index in [1.165, 1.54) is 0 Å². The number of hydrogen-bond acceptors (Lipinski definition) is 4. The number of carbonyl (C=O) groups excluding carboxylic acids is 2. The first-order valence-corrected chi connectivity index (χ1v) is 8.36. The summed E-state index contributed by atoms with van der Waals surface area (Å²) in [6.45, 7) is 1.93. The van der Waals surface area contributed by atoms with Gasteiger partial charge in [-0.2, -0.15) is 0 Å². The van der Waals surface area contributed by atoms with Gasteiger partial charge in [0.15, 0.2) is 6.61 Å². The van der Waals surface area contributed by atoms with E-state index >= 15 is 0 Å². The minimum atomic E-state index is -0.558. The number of ether oxygens (including phenoxy) is 2. The van der Waals surface area contributed by atoms with E-state index in [4.69, 9.17) is 32.7 Å². The maximum atomic E-state index is 12.0. The van der Waals surface area contributed by atoms with E-state index in [1.54, 1.807) is 42.5 Å². The minimum absolute atomic E-state index is 0.0428. The van der Waals surface area contributed by atoms with Crippen LogP contribution in [0.15, 0.2) is 42.5 Å². The average molecular weight is 382 g/mol. The highest BCUT2D eigenvalue weighted by Crippen LogP contribution is 2.24. The minimum Gasteiger partial charge on any atom is -0.492 e. The maximum Gasteiger partial charge on any atom is 0.310 e. The van der Waals surface area contributed by atoms with E-state index in [2.05, 4.69) is 5.32 Å². The highest BCUT2D eigenvalue weighted by molar-refractivity contribution is 6.35. The van der Waals surface area contributed by atoms with Crippen LogP contribution >= 0.6 is 23.2 Å². The molecule has 2 aromatic carbocycles. The lowest BCUT2D eigenvalue weighted by Gasteiger charge is -2.11. The molecule has 0 spiro atoms. The van der Waals surface area contributed by atoms with Crippen LogP contribution < -0.4 is 10.1 Å². The van der Waals surface area contributed by atoms with Gasteiger partial charge in [-0.1, -0.05) is 41.4 Å². The number of nitrogens with one attached hydrogen (secondary N) is 1. The molecule has 0 radical (unpaired) electrons. The van der Waals surface area contributed by atoms with Crippen molar-refractivity contribution in [1.82, 2.24) is 0 Å². The Morgan fingerprint density at radius 2 is 1.88 bits per heavy atom. The molecule has 7 heteroatoms. The van der Waals surface area contributed by atoms with Gasteiger partial charge >= 0.3 is 5.97 Å². The quantitative estimate of drug-likeness (QED) is 0.732. The Bertz CT molecular complexity index is 764. The third-order valence-corrected chi connectivity index (χ3v) is 3.76. The van der Waals surface area contributed by atoms with Gasteiger partial charge in [-0.25, -0.2) is 0 Å². The lowest BCUT2D eigenvalue weighted by Crippen LogP contribution is -2.22. The molecule has 25 heavy (non-hydrogen) atoms. The lowest BCUT2D eigenvalue weighted by atomic mass is 10.1. The molecule has 0 aliphatic carbocycles. The summed E-state index contributed by atoms with van der Waals surface area (Å²) in [4.78, 5) is 23.8. The summed E-state index contributed by atoms with van der Waals surface area (Å²) in [6, 6.07) is 11.8. The van der Waals surface area contributed by atoms with Crippen LogP contribution in [-0.4, -0.2) is 25.1 Å². The molecular formula is C18H17Cl2NO4. The number of para-hydroxylation sites is 2. The zero-order valence-electron chi connectivity index (χ0n) is 13.6. The molecule has 1 amide bonds. The van der Waals surface area contributed by atoms with Gasteiger partial charge in [0, 0.05) is 10.0 Å². The number of hydrogen-bond donors (Lipinski definition) is 1. The van der Waals surface area contributed by atoms with Gasteiger partial charge in [-0.05, 0) is 36.8 Å².